The van der Waals surface area contributed by atoms with Crippen LogP contribution in [0.25, 0.3) is 22.2 Å². The highest BCUT2D eigenvalue weighted by Gasteiger charge is 2.30. The number of amides is 2. The topological polar surface area (TPSA) is 81.6 Å². The molecule has 7 heteroatoms. The lowest BCUT2D eigenvalue weighted by atomic mass is 9.81. The van der Waals surface area contributed by atoms with Gasteiger partial charge in [0.05, 0.1) is 17.8 Å². The summed E-state index contributed by atoms with van der Waals surface area (Å²) in [5, 5.41) is 7.09. The molecular formula is C32H41N3O4. The van der Waals surface area contributed by atoms with Crippen molar-refractivity contribution in [3.8, 4) is 17.0 Å². The van der Waals surface area contributed by atoms with E-state index in [-0.39, 0.29) is 12.5 Å². The van der Waals surface area contributed by atoms with Crippen molar-refractivity contribution < 1.29 is 19.1 Å². The van der Waals surface area contributed by atoms with E-state index in [4.69, 9.17) is 9.47 Å². The van der Waals surface area contributed by atoms with Gasteiger partial charge in [-0.2, -0.15) is 0 Å². The smallest absolute Gasteiger partial charge is 0.407 e. The second kappa shape index (κ2) is 10.6. The summed E-state index contributed by atoms with van der Waals surface area (Å²) in [6.07, 6.45) is 5.68. The normalized spacial score (nSPS) is 16.0. The SMILES string of the molecule is CC(C)(CNC(=O)OC(C)(C)C)NC(=O)c1ccc2c(C3CCCCC3)c3n(c2c1)CCOc1ccccc1-3. The van der Waals surface area contributed by atoms with E-state index in [9.17, 15) is 9.59 Å². The van der Waals surface area contributed by atoms with Crippen LogP contribution in [-0.2, 0) is 11.3 Å². The van der Waals surface area contributed by atoms with E-state index in [1.165, 1.54) is 48.7 Å². The lowest BCUT2D eigenvalue weighted by Gasteiger charge is -2.28. The van der Waals surface area contributed by atoms with Crippen LogP contribution in [0.3, 0.4) is 0 Å². The van der Waals surface area contributed by atoms with E-state index in [1.54, 1.807) is 0 Å². The highest BCUT2D eigenvalue weighted by Crippen LogP contribution is 2.47. The first-order valence-electron chi connectivity index (χ1n) is 14.2. The van der Waals surface area contributed by atoms with Crippen LogP contribution < -0.4 is 15.4 Å². The fourth-order valence-electron chi connectivity index (χ4n) is 5.91. The third-order valence-corrected chi connectivity index (χ3v) is 7.62. The minimum atomic E-state index is -0.668. The van der Waals surface area contributed by atoms with Crippen LogP contribution in [0.5, 0.6) is 5.75 Å². The number of rotatable bonds is 5. The van der Waals surface area contributed by atoms with Gasteiger partial charge in [-0.1, -0.05) is 37.5 Å². The molecule has 39 heavy (non-hydrogen) atoms. The largest absolute Gasteiger partial charge is 0.491 e. The van der Waals surface area contributed by atoms with Crippen molar-refractivity contribution >= 4 is 22.9 Å². The molecule has 1 saturated carbocycles. The molecule has 0 radical (unpaired) electrons. The Hall–Kier alpha value is -3.48. The average molecular weight is 532 g/mol. The molecule has 2 amide bonds. The monoisotopic (exact) mass is 531 g/mol. The number of para-hydroxylation sites is 1. The van der Waals surface area contributed by atoms with Gasteiger partial charge in [0.2, 0.25) is 0 Å². The van der Waals surface area contributed by atoms with E-state index in [1.807, 2.05) is 52.8 Å². The lowest BCUT2D eigenvalue weighted by molar-refractivity contribution is 0.0509. The second-order valence-electron chi connectivity index (χ2n) is 12.5. The van der Waals surface area contributed by atoms with Crippen molar-refractivity contribution in [1.82, 2.24) is 15.2 Å². The molecule has 0 bridgehead atoms. The van der Waals surface area contributed by atoms with Crippen LogP contribution in [0.15, 0.2) is 42.5 Å². The number of fused-ring (bicyclic) bond motifs is 5. The molecular weight excluding hydrogens is 490 g/mol. The van der Waals surface area contributed by atoms with Crippen LogP contribution in [-0.4, -0.2) is 40.9 Å². The third kappa shape index (κ3) is 5.92. The Morgan fingerprint density at radius 2 is 1.77 bits per heavy atom. The maximum Gasteiger partial charge on any atom is 0.407 e. The van der Waals surface area contributed by atoms with Crippen molar-refractivity contribution in [1.29, 1.82) is 0 Å². The highest BCUT2D eigenvalue weighted by atomic mass is 16.6. The first-order chi connectivity index (χ1) is 18.5. The summed E-state index contributed by atoms with van der Waals surface area (Å²) >= 11 is 0. The van der Waals surface area contributed by atoms with Crippen LogP contribution in [0.2, 0.25) is 0 Å². The summed E-state index contributed by atoms with van der Waals surface area (Å²) in [6, 6.07) is 14.4. The Labute approximate surface area is 231 Å². The summed E-state index contributed by atoms with van der Waals surface area (Å²) < 4.78 is 13.8. The number of nitrogens with one attached hydrogen (secondary N) is 2. The third-order valence-electron chi connectivity index (χ3n) is 7.62. The first kappa shape index (κ1) is 27.1. The van der Waals surface area contributed by atoms with Gasteiger partial charge in [-0.25, -0.2) is 4.79 Å². The van der Waals surface area contributed by atoms with Crippen LogP contribution in [0.4, 0.5) is 4.79 Å². The number of ether oxygens (including phenoxy) is 2. The van der Waals surface area contributed by atoms with Gasteiger partial charge >= 0.3 is 6.09 Å². The van der Waals surface area contributed by atoms with Gasteiger partial charge in [0.25, 0.3) is 5.91 Å². The zero-order valence-corrected chi connectivity index (χ0v) is 23.9. The van der Waals surface area contributed by atoms with Crippen LogP contribution in [0, 0.1) is 0 Å². The Balaban J connectivity index is 1.47. The Morgan fingerprint density at radius 1 is 1.03 bits per heavy atom. The molecule has 1 aromatic heterocycles. The number of hydrogen-bond donors (Lipinski definition) is 2. The maximum atomic E-state index is 13.4. The summed E-state index contributed by atoms with van der Waals surface area (Å²) in [5.74, 6) is 1.25. The summed E-state index contributed by atoms with van der Waals surface area (Å²) in [4.78, 5) is 25.6. The fourth-order valence-corrected chi connectivity index (χ4v) is 5.91. The summed E-state index contributed by atoms with van der Waals surface area (Å²) in [5.41, 5.74) is 4.20. The Bertz CT molecular complexity index is 1380. The summed E-state index contributed by atoms with van der Waals surface area (Å²) in [7, 11) is 0. The van der Waals surface area contributed by atoms with Crippen LogP contribution in [0.1, 0.15) is 88.6 Å². The molecule has 1 aliphatic carbocycles. The number of carbonyl (C=O) groups excluding carboxylic acids is 2. The molecule has 5 rings (SSSR count). The van der Waals surface area contributed by atoms with E-state index < -0.39 is 17.2 Å². The predicted molar refractivity (Wildman–Crippen MR) is 154 cm³/mol. The minimum absolute atomic E-state index is 0.173. The van der Waals surface area contributed by atoms with Crippen molar-refractivity contribution in [3.05, 3.63) is 53.6 Å². The molecule has 2 aliphatic rings. The molecule has 0 saturated heterocycles. The molecule has 1 fully saturated rings. The standard InChI is InChI=1S/C32H41N3O4/c1-31(2,3)39-30(37)33-20-32(4,5)34-29(36)22-15-16-23-25(19-22)35-17-18-38-26-14-10-9-13-24(26)28(35)27(23)21-11-7-6-8-12-21/h9-10,13-16,19,21H,6-8,11-12,17-18,20H2,1-5H3,(H,33,37)(H,34,36). The number of alkyl carbamates (subject to hydrolysis) is 1. The number of hydrogen-bond acceptors (Lipinski definition) is 4. The van der Waals surface area contributed by atoms with Crippen molar-refractivity contribution in [2.24, 2.45) is 0 Å². The van der Waals surface area contributed by atoms with Gasteiger partial charge in [-0.05, 0) is 83.2 Å². The Morgan fingerprint density at radius 3 is 2.51 bits per heavy atom. The number of benzene rings is 2. The molecule has 2 N–H and O–H groups in total. The van der Waals surface area contributed by atoms with Gasteiger partial charge < -0.3 is 24.7 Å². The van der Waals surface area contributed by atoms with Gasteiger partial charge in [0.15, 0.2) is 0 Å². The number of carbonyl (C=O) groups is 2. The molecule has 1 aliphatic heterocycles. The molecule has 0 unspecified atom stereocenters. The zero-order valence-electron chi connectivity index (χ0n) is 23.9. The lowest BCUT2D eigenvalue weighted by Crippen LogP contribution is -2.52. The molecule has 0 spiro atoms. The molecule has 208 valence electrons. The quantitative estimate of drug-likeness (QED) is 0.380. The van der Waals surface area contributed by atoms with Crippen LogP contribution >= 0.6 is 0 Å². The first-order valence-corrected chi connectivity index (χ1v) is 14.2. The second-order valence-corrected chi connectivity index (χ2v) is 12.5. The molecule has 7 nitrogen and oxygen atoms in total. The molecule has 3 aromatic rings. The van der Waals surface area contributed by atoms with Crippen molar-refractivity contribution in [2.45, 2.75) is 90.3 Å². The van der Waals surface area contributed by atoms with E-state index in [2.05, 4.69) is 39.5 Å². The van der Waals surface area contributed by atoms with Gasteiger partial charge in [-0.3, -0.25) is 4.79 Å². The van der Waals surface area contributed by atoms with E-state index in [0.717, 1.165) is 23.4 Å². The van der Waals surface area contributed by atoms with E-state index in [0.29, 0.717) is 18.1 Å². The van der Waals surface area contributed by atoms with Gasteiger partial charge in [-0.15, -0.1) is 0 Å². The van der Waals surface area contributed by atoms with Crippen molar-refractivity contribution in [3.63, 3.8) is 0 Å². The zero-order chi connectivity index (χ0) is 27.8. The molecule has 2 heterocycles. The molecule has 0 atom stereocenters. The highest BCUT2D eigenvalue weighted by molar-refractivity contribution is 6.01. The summed E-state index contributed by atoms with van der Waals surface area (Å²) in [6.45, 7) is 10.8. The van der Waals surface area contributed by atoms with Gasteiger partial charge in [0, 0.05) is 28.6 Å². The number of aromatic nitrogens is 1. The predicted octanol–water partition coefficient (Wildman–Crippen LogP) is 6.78. The minimum Gasteiger partial charge on any atom is -0.491 e. The van der Waals surface area contributed by atoms with Gasteiger partial charge in [0.1, 0.15) is 18.0 Å². The average Bonchev–Trinajstić information content (AvgIpc) is 3.08. The fraction of sp³-hybridized carbons (Fsp3) is 0.500. The number of nitrogens with zero attached hydrogens (tertiary/aromatic N) is 1. The molecule has 2 aromatic carbocycles. The Kier molecular flexibility index (Phi) is 7.36. The van der Waals surface area contributed by atoms with E-state index >= 15 is 0 Å². The maximum absolute atomic E-state index is 13.4. The van der Waals surface area contributed by atoms with Crippen molar-refractivity contribution in [2.75, 3.05) is 13.2 Å².